The first-order valence-corrected chi connectivity index (χ1v) is 6.70. The Bertz CT molecular complexity index is 537. The Hall–Kier alpha value is -1.87. The van der Waals surface area contributed by atoms with Gasteiger partial charge in [-0.3, -0.25) is 4.98 Å². The summed E-state index contributed by atoms with van der Waals surface area (Å²) in [7, 11) is 0. The minimum atomic E-state index is 0.563. The summed E-state index contributed by atoms with van der Waals surface area (Å²) < 4.78 is 0. The van der Waals surface area contributed by atoms with E-state index in [4.69, 9.17) is 5.73 Å². The average molecular weight is 255 g/mol. The fourth-order valence-electron chi connectivity index (χ4n) is 2.24. The topological polar surface area (TPSA) is 42.2 Å². The third kappa shape index (κ3) is 3.32. The molecule has 0 aliphatic rings. The molecule has 19 heavy (non-hydrogen) atoms. The van der Waals surface area contributed by atoms with E-state index in [2.05, 4.69) is 47.1 Å². The van der Waals surface area contributed by atoms with Gasteiger partial charge in [0.15, 0.2) is 0 Å². The summed E-state index contributed by atoms with van der Waals surface area (Å²) in [4.78, 5) is 6.88. The highest BCUT2D eigenvalue weighted by molar-refractivity contribution is 5.53. The predicted molar refractivity (Wildman–Crippen MR) is 80.0 cm³/mol. The van der Waals surface area contributed by atoms with Crippen molar-refractivity contribution in [1.82, 2.24) is 4.98 Å². The van der Waals surface area contributed by atoms with Gasteiger partial charge in [-0.15, -0.1) is 0 Å². The van der Waals surface area contributed by atoms with Gasteiger partial charge in [0.1, 0.15) is 0 Å². The van der Waals surface area contributed by atoms with E-state index in [1.807, 2.05) is 19.1 Å². The normalized spacial score (nSPS) is 10.5. The highest BCUT2D eigenvalue weighted by atomic mass is 15.1. The van der Waals surface area contributed by atoms with Crippen LogP contribution in [0.3, 0.4) is 0 Å². The average Bonchev–Trinajstić information content (AvgIpc) is 2.45. The molecule has 0 saturated carbocycles. The summed E-state index contributed by atoms with van der Waals surface area (Å²) in [5, 5.41) is 0. The number of hydrogen-bond acceptors (Lipinski definition) is 3. The summed E-state index contributed by atoms with van der Waals surface area (Å²) in [5.41, 5.74) is 10.3. The van der Waals surface area contributed by atoms with Crippen LogP contribution in [0.25, 0.3) is 0 Å². The van der Waals surface area contributed by atoms with Crippen LogP contribution in [-0.4, -0.2) is 11.5 Å². The third-order valence-corrected chi connectivity index (χ3v) is 3.23. The first-order valence-electron chi connectivity index (χ1n) is 6.70. The van der Waals surface area contributed by atoms with Gasteiger partial charge in [0.25, 0.3) is 0 Å². The van der Waals surface area contributed by atoms with E-state index in [0.717, 1.165) is 24.5 Å². The molecular weight excluding hydrogens is 234 g/mol. The first kappa shape index (κ1) is 13.6. The Balaban J connectivity index is 2.25. The van der Waals surface area contributed by atoms with Crippen LogP contribution in [0.1, 0.15) is 23.9 Å². The summed E-state index contributed by atoms with van der Waals surface area (Å²) >= 11 is 0. The van der Waals surface area contributed by atoms with Gasteiger partial charge in [0.05, 0.1) is 12.2 Å². The lowest BCUT2D eigenvalue weighted by molar-refractivity contribution is 0.797. The summed E-state index contributed by atoms with van der Waals surface area (Å²) in [6, 6.07) is 14.4. The molecule has 0 aliphatic heterocycles. The summed E-state index contributed by atoms with van der Waals surface area (Å²) in [6.45, 7) is 6.49. The molecule has 100 valence electrons. The fraction of sp³-hybridized carbons (Fsp3) is 0.312. The Kier molecular flexibility index (Phi) is 4.53. The standard InChI is InChI=1S/C16H21N3/c1-3-19(12-15-9-6-7-13(2)18-15)16-10-5-4-8-14(16)11-17/h4-10H,3,11-12,17H2,1-2H3. The molecule has 3 nitrogen and oxygen atoms in total. The SMILES string of the molecule is CCN(Cc1cccc(C)n1)c1ccccc1CN. The third-order valence-electron chi connectivity index (χ3n) is 3.23. The number of aromatic nitrogens is 1. The zero-order valence-electron chi connectivity index (χ0n) is 11.6. The molecule has 0 saturated heterocycles. The number of pyridine rings is 1. The molecule has 0 bridgehead atoms. The van der Waals surface area contributed by atoms with Crippen molar-refractivity contribution in [3.05, 3.63) is 59.4 Å². The lowest BCUT2D eigenvalue weighted by atomic mass is 10.1. The number of aryl methyl sites for hydroxylation is 1. The second-order valence-corrected chi connectivity index (χ2v) is 4.62. The molecular formula is C16H21N3. The van der Waals surface area contributed by atoms with Crippen molar-refractivity contribution in [2.45, 2.75) is 26.9 Å². The lowest BCUT2D eigenvalue weighted by Crippen LogP contribution is -2.24. The predicted octanol–water partition coefficient (Wildman–Crippen LogP) is 2.88. The van der Waals surface area contributed by atoms with Gasteiger partial charge in [0.2, 0.25) is 0 Å². The minimum absolute atomic E-state index is 0.563. The number of rotatable bonds is 5. The summed E-state index contributed by atoms with van der Waals surface area (Å²) in [6.07, 6.45) is 0. The Morgan fingerprint density at radius 1 is 1.11 bits per heavy atom. The second-order valence-electron chi connectivity index (χ2n) is 4.62. The maximum atomic E-state index is 5.82. The number of anilines is 1. The minimum Gasteiger partial charge on any atom is -0.366 e. The molecule has 2 aromatic rings. The van der Waals surface area contributed by atoms with E-state index in [9.17, 15) is 0 Å². The molecule has 1 aromatic heterocycles. The zero-order valence-corrected chi connectivity index (χ0v) is 11.6. The van der Waals surface area contributed by atoms with Crippen LogP contribution in [0.15, 0.2) is 42.5 Å². The van der Waals surface area contributed by atoms with Crippen molar-refractivity contribution in [3.8, 4) is 0 Å². The van der Waals surface area contributed by atoms with Gasteiger partial charge < -0.3 is 10.6 Å². The van der Waals surface area contributed by atoms with Gasteiger partial charge in [-0.25, -0.2) is 0 Å². The van der Waals surface area contributed by atoms with Crippen LogP contribution >= 0.6 is 0 Å². The van der Waals surface area contributed by atoms with E-state index in [0.29, 0.717) is 6.54 Å². The molecule has 0 fully saturated rings. The van der Waals surface area contributed by atoms with Crippen LogP contribution in [0.4, 0.5) is 5.69 Å². The number of hydrogen-bond donors (Lipinski definition) is 1. The van der Waals surface area contributed by atoms with Crippen molar-refractivity contribution in [2.24, 2.45) is 5.73 Å². The molecule has 2 rings (SSSR count). The molecule has 1 aromatic carbocycles. The van der Waals surface area contributed by atoms with Crippen LogP contribution < -0.4 is 10.6 Å². The van der Waals surface area contributed by atoms with Gasteiger partial charge in [-0.1, -0.05) is 24.3 Å². The summed E-state index contributed by atoms with van der Waals surface area (Å²) in [5.74, 6) is 0. The maximum Gasteiger partial charge on any atom is 0.0602 e. The largest absolute Gasteiger partial charge is 0.366 e. The van der Waals surface area contributed by atoms with E-state index in [1.165, 1.54) is 11.3 Å². The number of benzene rings is 1. The monoisotopic (exact) mass is 255 g/mol. The molecule has 2 N–H and O–H groups in total. The molecule has 1 heterocycles. The molecule has 3 heteroatoms. The van der Waals surface area contributed by atoms with E-state index < -0.39 is 0 Å². The number of para-hydroxylation sites is 1. The van der Waals surface area contributed by atoms with E-state index in [-0.39, 0.29) is 0 Å². The second kappa shape index (κ2) is 6.34. The van der Waals surface area contributed by atoms with Gasteiger partial charge in [-0.2, -0.15) is 0 Å². The van der Waals surface area contributed by atoms with Crippen LogP contribution in [0, 0.1) is 6.92 Å². The Morgan fingerprint density at radius 3 is 2.58 bits per heavy atom. The van der Waals surface area contributed by atoms with Crippen molar-refractivity contribution < 1.29 is 0 Å². The van der Waals surface area contributed by atoms with Gasteiger partial charge >= 0.3 is 0 Å². The maximum absolute atomic E-state index is 5.82. The first-order chi connectivity index (χ1) is 9.24. The Labute approximate surface area is 115 Å². The van der Waals surface area contributed by atoms with Gasteiger partial charge in [-0.05, 0) is 37.6 Å². The number of nitrogens with two attached hydrogens (primary N) is 1. The van der Waals surface area contributed by atoms with Crippen molar-refractivity contribution in [3.63, 3.8) is 0 Å². The fourth-order valence-corrected chi connectivity index (χ4v) is 2.24. The quantitative estimate of drug-likeness (QED) is 0.893. The molecule has 0 amide bonds. The molecule has 0 atom stereocenters. The zero-order chi connectivity index (χ0) is 13.7. The highest BCUT2D eigenvalue weighted by Gasteiger charge is 2.09. The molecule has 0 spiro atoms. The lowest BCUT2D eigenvalue weighted by Gasteiger charge is -2.25. The van der Waals surface area contributed by atoms with Crippen LogP contribution in [0.5, 0.6) is 0 Å². The van der Waals surface area contributed by atoms with E-state index >= 15 is 0 Å². The van der Waals surface area contributed by atoms with Crippen molar-refractivity contribution >= 4 is 5.69 Å². The van der Waals surface area contributed by atoms with Gasteiger partial charge in [0, 0.05) is 24.5 Å². The van der Waals surface area contributed by atoms with Crippen molar-refractivity contribution in [1.29, 1.82) is 0 Å². The molecule has 0 aliphatic carbocycles. The molecule has 0 radical (unpaired) electrons. The van der Waals surface area contributed by atoms with Crippen LogP contribution in [0.2, 0.25) is 0 Å². The van der Waals surface area contributed by atoms with E-state index in [1.54, 1.807) is 0 Å². The van der Waals surface area contributed by atoms with Crippen LogP contribution in [-0.2, 0) is 13.1 Å². The number of nitrogens with zero attached hydrogens (tertiary/aromatic N) is 2. The van der Waals surface area contributed by atoms with Crippen molar-refractivity contribution in [2.75, 3.05) is 11.4 Å². The molecule has 0 unspecified atom stereocenters. The Morgan fingerprint density at radius 2 is 1.89 bits per heavy atom. The highest BCUT2D eigenvalue weighted by Crippen LogP contribution is 2.21. The smallest absolute Gasteiger partial charge is 0.0602 e.